The van der Waals surface area contributed by atoms with Crippen LogP contribution in [0, 0.1) is 0 Å². The van der Waals surface area contributed by atoms with Gasteiger partial charge in [-0.1, -0.05) is 17.7 Å². The van der Waals surface area contributed by atoms with Crippen LogP contribution in [-0.4, -0.2) is 42.1 Å². The van der Waals surface area contributed by atoms with E-state index in [0.717, 1.165) is 0 Å². The molecule has 1 unspecified atom stereocenters. The van der Waals surface area contributed by atoms with Gasteiger partial charge in [0.2, 0.25) is 0 Å². The molecular weight excluding hydrogens is 330 g/mol. The summed E-state index contributed by atoms with van der Waals surface area (Å²) in [4.78, 5) is 12.6. The Labute approximate surface area is 130 Å². The van der Waals surface area contributed by atoms with Crippen molar-refractivity contribution in [2.24, 2.45) is 0 Å². The number of carbonyl (C=O) groups is 1. The predicted octanol–water partition coefficient (Wildman–Crippen LogP) is 3.74. The molecule has 1 atom stereocenters. The van der Waals surface area contributed by atoms with Crippen molar-refractivity contribution in [2.75, 3.05) is 19.0 Å². The summed E-state index contributed by atoms with van der Waals surface area (Å²) < 4.78 is 42.6. The number of carbonyl (C=O) groups excluding carboxylic acids is 1. The molecule has 1 aromatic carbocycles. The van der Waals surface area contributed by atoms with Crippen molar-refractivity contribution in [2.45, 2.75) is 19.2 Å². The third kappa shape index (κ3) is 6.44. The highest BCUT2D eigenvalue weighted by atomic mass is 35.5. The number of halogens is 5. The minimum Gasteiger partial charge on any atom is -0.481 e. The van der Waals surface area contributed by atoms with Crippen LogP contribution in [-0.2, 0) is 4.79 Å². The molecule has 1 aromatic rings. The fraction of sp³-hybridized carbons (Fsp3) is 0.462. The Morgan fingerprint density at radius 3 is 2.62 bits per heavy atom. The van der Waals surface area contributed by atoms with Gasteiger partial charge < -0.3 is 9.64 Å². The van der Waals surface area contributed by atoms with E-state index >= 15 is 0 Å². The van der Waals surface area contributed by atoms with Crippen LogP contribution in [0.3, 0.4) is 0 Å². The smallest absolute Gasteiger partial charge is 0.406 e. The van der Waals surface area contributed by atoms with E-state index in [1.165, 1.54) is 13.0 Å². The molecule has 0 fully saturated rings. The van der Waals surface area contributed by atoms with E-state index < -0.39 is 24.7 Å². The fourth-order valence-electron chi connectivity index (χ4n) is 1.64. The third-order valence-electron chi connectivity index (χ3n) is 2.49. The van der Waals surface area contributed by atoms with E-state index in [2.05, 4.69) is 0 Å². The maximum atomic E-state index is 12.4. The second-order valence-corrected chi connectivity index (χ2v) is 5.10. The average molecular weight is 344 g/mol. The second kappa shape index (κ2) is 7.75. The highest BCUT2D eigenvalue weighted by Gasteiger charge is 2.34. The van der Waals surface area contributed by atoms with Crippen LogP contribution in [0.2, 0.25) is 5.02 Å². The minimum atomic E-state index is -4.49. The average Bonchev–Trinajstić information content (AvgIpc) is 2.35. The third-order valence-corrected chi connectivity index (χ3v) is 2.90. The van der Waals surface area contributed by atoms with Gasteiger partial charge in [0.1, 0.15) is 12.3 Å². The highest BCUT2D eigenvalue weighted by molar-refractivity contribution is 6.30. The molecule has 0 radical (unpaired) electrons. The summed E-state index contributed by atoms with van der Waals surface area (Å²) in [6.45, 7) is -0.189. The number of rotatable bonds is 6. The van der Waals surface area contributed by atoms with Gasteiger partial charge in [0.25, 0.3) is 5.91 Å². The molecular formula is C13H14Cl2F3NO2. The van der Waals surface area contributed by atoms with E-state index in [1.807, 2.05) is 0 Å². The molecule has 0 heterocycles. The normalized spacial score (nSPS) is 12.9. The first-order valence-electron chi connectivity index (χ1n) is 6.06. The molecule has 8 heteroatoms. The fourth-order valence-corrected chi connectivity index (χ4v) is 2.02. The molecule has 118 valence electrons. The Hall–Kier alpha value is -1.14. The predicted molar refractivity (Wildman–Crippen MR) is 74.9 cm³/mol. The molecule has 1 rings (SSSR count). The molecule has 0 aliphatic heterocycles. The van der Waals surface area contributed by atoms with E-state index in [0.29, 0.717) is 15.7 Å². The zero-order chi connectivity index (χ0) is 16.0. The number of hydrogen-bond donors (Lipinski definition) is 0. The summed E-state index contributed by atoms with van der Waals surface area (Å²) in [5.74, 6) is -0.569. The standard InChI is InChI=1S/C13H14Cl2F3NO2/c1-9(21-11-4-2-3-10(15)7-11)12(20)19(6-5-14)8-13(16,17)18/h2-4,7,9H,5-6,8H2,1H3. The SMILES string of the molecule is CC(Oc1cccc(Cl)c1)C(=O)N(CCCl)CC(F)(F)F. The van der Waals surface area contributed by atoms with Crippen LogP contribution in [0.15, 0.2) is 24.3 Å². The number of ether oxygens (including phenoxy) is 1. The monoisotopic (exact) mass is 343 g/mol. The molecule has 0 bridgehead atoms. The first-order chi connectivity index (χ1) is 9.73. The van der Waals surface area contributed by atoms with Crippen molar-refractivity contribution >= 4 is 29.1 Å². The van der Waals surface area contributed by atoms with Crippen LogP contribution in [0.5, 0.6) is 5.75 Å². The Morgan fingerprint density at radius 1 is 1.43 bits per heavy atom. The topological polar surface area (TPSA) is 29.5 Å². The van der Waals surface area contributed by atoms with Gasteiger partial charge in [-0.05, 0) is 25.1 Å². The molecule has 1 amide bonds. The van der Waals surface area contributed by atoms with Gasteiger partial charge in [-0.2, -0.15) is 13.2 Å². The van der Waals surface area contributed by atoms with Crippen molar-refractivity contribution < 1.29 is 22.7 Å². The molecule has 0 aliphatic rings. The summed E-state index contributed by atoms with van der Waals surface area (Å²) >= 11 is 11.2. The lowest BCUT2D eigenvalue weighted by molar-refractivity contribution is -0.164. The quantitative estimate of drug-likeness (QED) is 0.736. The van der Waals surface area contributed by atoms with E-state index in [-0.39, 0.29) is 12.4 Å². The van der Waals surface area contributed by atoms with Crippen LogP contribution < -0.4 is 4.74 Å². The van der Waals surface area contributed by atoms with Gasteiger partial charge in [0.15, 0.2) is 6.10 Å². The van der Waals surface area contributed by atoms with Gasteiger partial charge in [-0.3, -0.25) is 4.79 Å². The van der Waals surface area contributed by atoms with Crippen LogP contribution in [0.1, 0.15) is 6.92 Å². The zero-order valence-corrected chi connectivity index (χ0v) is 12.7. The number of alkyl halides is 4. The maximum Gasteiger partial charge on any atom is 0.406 e. The number of hydrogen-bond acceptors (Lipinski definition) is 2. The van der Waals surface area contributed by atoms with Gasteiger partial charge >= 0.3 is 6.18 Å². The lowest BCUT2D eigenvalue weighted by Gasteiger charge is -2.26. The Morgan fingerprint density at radius 2 is 2.10 bits per heavy atom. The minimum absolute atomic E-state index is 0.0916. The van der Waals surface area contributed by atoms with Gasteiger partial charge in [0, 0.05) is 17.4 Å². The maximum absolute atomic E-state index is 12.4. The summed E-state index contributed by atoms with van der Waals surface area (Å²) in [5, 5.41) is 0.403. The lowest BCUT2D eigenvalue weighted by atomic mass is 10.3. The summed E-state index contributed by atoms with van der Waals surface area (Å²) in [6.07, 6.45) is -5.56. The summed E-state index contributed by atoms with van der Waals surface area (Å²) in [5.41, 5.74) is 0. The first-order valence-corrected chi connectivity index (χ1v) is 6.98. The summed E-state index contributed by atoms with van der Waals surface area (Å²) in [6, 6.07) is 6.26. The molecule has 0 saturated heterocycles. The van der Waals surface area contributed by atoms with E-state index in [1.54, 1.807) is 18.2 Å². The van der Waals surface area contributed by atoms with Crippen LogP contribution in [0.4, 0.5) is 13.2 Å². The largest absolute Gasteiger partial charge is 0.481 e. The Bertz CT molecular complexity index is 483. The Kier molecular flexibility index (Phi) is 6.61. The van der Waals surface area contributed by atoms with Crippen molar-refractivity contribution in [1.82, 2.24) is 4.90 Å². The van der Waals surface area contributed by atoms with Crippen LogP contribution >= 0.6 is 23.2 Å². The molecule has 0 N–H and O–H groups in total. The van der Waals surface area contributed by atoms with Crippen molar-refractivity contribution in [3.8, 4) is 5.75 Å². The second-order valence-electron chi connectivity index (χ2n) is 4.28. The van der Waals surface area contributed by atoms with Crippen molar-refractivity contribution in [1.29, 1.82) is 0 Å². The number of benzene rings is 1. The highest BCUT2D eigenvalue weighted by Crippen LogP contribution is 2.20. The van der Waals surface area contributed by atoms with E-state index in [4.69, 9.17) is 27.9 Å². The number of amides is 1. The lowest BCUT2D eigenvalue weighted by Crippen LogP contribution is -2.46. The van der Waals surface area contributed by atoms with Gasteiger partial charge in [-0.25, -0.2) is 0 Å². The van der Waals surface area contributed by atoms with Gasteiger partial charge in [0.05, 0.1) is 0 Å². The summed E-state index contributed by atoms with van der Waals surface area (Å²) in [7, 11) is 0. The van der Waals surface area contributed by atoms with Crippen molar-refractivity contribution in [3.63, 3.8) is 0 Å². The van der Waals surface area contributed by atoms with Gasteiger partial charge in [-0.15, -0.1) is 11.6 Å². The van der Waals surface area contributed by atoms with Crippen LogP contribution in [0.25, 0.3) is 0 Å². The van der Waals surface area contributed by atoms with Crippen molar-refractivity contribution in [3.05, 3.63) is 29.3 Å². The molecule has 0 aromatic heterocycles. The molecule has 0 spiro atoms. The molecule has 21 heavy (non-hydrogen) atoms. The zero-order valence-electron chi connectivity index (χ0n) is 11.2. The molecule has 0 saturated carbocycles. The molecule has 3 nitrogen and oxygen atoms in total. The number of nitrogens with zero attached hydrogens (tertiary/aromatic N) is 1. The molecule has 0 aliphatic carbocycles. The first kappa shape index (κ1) is 17.9. The van der Waals surface area contributed by atoms with E-state index in [9.17, 15) is 18.0 Å². The Balaban J connectivity index is 2.73.